The van der Waals surface area contributed by atoms with Gasteiger partial charge in [0.25, 0.3) is 11.8 Å². The van der Waals surface area contributed by atoms with Crippen LogP contribution in [0, 0.1) is 30.6 Å². The van der Waals surface area contributed by atoms with E-state index in [1.165, 1.54) is 5.56 Å². The third kappa shape index (κ3) is 3.16. The van der Waals surface area contributed by atoms with Crippen molar-refractivity contribution in [1.82, 2.24) is 5.01 Å². The fraction of sp³-hybridized carbons (Fsp3) is 0.292. The molecule has 2 fully saturated rings. The quantitative estimate of drug-likeness (QED) is 0.447. The molecule has 5 rings (SSSR count). The van der Waals surface area contributed by atoms with Gasteiger partial charge in [-0.05, 0) is 48.4 Å². The van der Waals surface area contributed by atoms with Gasteiger partial charge >= 0.3 is 0 Å². The highest BCUT2D eigenvalue weighted by Gasteiger charge is 2.59. The van der Waals surface area contributed by atoms with Crippen molar-refractivity contribution in [3.63, 3.8) is 0 Å². The van der Waals surface area contributed by atoms with Crippen LogP contribution < -0.4 is 4.74 Å². The lowest BCUT2D eigenvalue weighted by atomic mass is 9.85. The predicted octanol–water partition coefficient (Wildman–Crippen LogP) is 3.72. The minimum absolute atomic E-state index is 0.167. The summed E-state index contributed by atoms with van der Waals surface area (Å²) in [6.07, 6.45) is 6.65. The average molecular weight is 386 g/mol. The Morgan fingerprint density at radius 1 is 1.03 bits per heavy atom. The topological polar surface area (TPSA) is 59.0 Å². The first kappa shape index (κ1) is 17.9. The van der Waals surface area contributed by atoms with E-state index in [2.05, 4.69) is 36.3 Å². The number of ether oxygens (including phenoxy) is 1. The molecule has 2 aromatic rings. The van der Waals surface area contributed by atoms with E-state index >= 15 is 0 Å². The Morgan fingerprint density at radius 3 is 2.41 bits per heavy atom. The minimum atomic E-state index is -0.223. The van der Waals surface area contributed by atoms with E-state index in [0.717, 1.165) is 22.6 Å². The second-order valence-corrected chi connectivity index (χ2v) is 8.08. The molecular weight excluding hydrogens is 364 g/mol. The summed E-state index contributed by atoms with van der Waals surface area (Å²) in [7, 11) is 0. The number of amides is 2. The van der Waals surface area contributed by atoms with Gasteiger partial charge in [-0.3, -0.25) is 9.59 Å². The lowest BCUT2D eigenvalue weighted by Gasteiger charge is -2.13. The van der Waals surface area contributed by atoms with Gasteiger partial charge in [0.2, 0.25) is 0 Å². The van der Waals surface area contributed by atoms with Gasteiger partial charge in [0.05, 0.1) is 18.1 Å². The molecule has 4 atom stereocenters. The lowest BCUT2D eigenvalue weighted by Crippen LogP contribution is -2.28. The third-order valence-electron chi connectivity index (χ3n) is 6.15. The highest BCUT2D eigenvalue weighted by atomic mass is 16.5. The fourth-order valence-electron chi connectivity index (χ4n) is 4.66. The van der Waals surface area contributed by atoms with Crippen LogP contribution in [0.15, 0.2) is 65.8 Å². The summed E-state index contributed by atoms with van der Waals surface area (Å²) < 4.78 is 5.87. The number of aryl methyl sites for hydroxylation is 1. The summed E-state index contributed by atoms with van der Waals surface area (Å²) in [6, 6.07) is 15.7. The smallest absolute Gasteiger partial charge is 0.254 e. The molecule has 1 heterocycles. The summed E-state index contributed by atoms with van der Waals surface area (Å²) in [6.45, 7) is 2.53. The number of benzene rings is 2. The maximum absolute atomic E-state index is 12.7. The molecule has 5 nitrogen and oxygen atoms in total. The first-order valence-corrected chi connectivity index (χ1v) is 9.99. The van der Waals surface area contributed by atoms with Crippen molar-refractivity contribution in [1.29, 1.82) is 0 Å². The van der Waals surface area contributed by atoms with E-state index < -0.39 is 0 Å². The zero-order valence-corrected chi connectivity index (χ0v) is 16.2. The molecule has 1 saturated carbocycles. The number of hydrogen-bond acceptors (Lipinski definition) is 4. The van der Waals surface area contributed by atoms with Gasteiger partial charge in [-0.2, -0.15) is 10.1 Å². The molecule has 2 bridgehead atoms. The van der Waals surface area contributed by atoms with Crippen molar-refractivity contribution in [2.24, 2.45) is 28.8 Å². The molecule has 5 heteroatoms. The largest absolute Gasteiger partial charge is 0.489 e. The van der Waals surface area contributed by atoms with Crippen molar-refractivity contribution in [2.75, 3.05) is 0 Å². The summed E-state index contributed by atoms with van der Waals surface area (Å²) >= 11 is 0. The zero-order valence-electron chi connectivity index (χ0n) is 16.2. The molecule has 0 unspecified atom stereocenters. The van der Waals surface area contributed by atoms with Crippen LogP contribution in [0.2, 0.25) is 0 Å². The van der Waals surface area contributed by atoms with E-state index in [0.29, 0.717) is 12.4 Å². The molecule has 1 aliphatic heterocycles. The van der Waals surface area contributed by atoms with E-state index in [4.69, 9.17) is 4.74 Å². The Kier molecular flexibility index (Phi) is 4.31. The second-order valence-electron chi connectivity index (χ2n) is 8.08. The number of rotatable bonds is 5. The number of allylic oxidation sites excluding steroid dienone is 2. The molecule has 1 saturated heterocycles. The van der Waals surface area contributed by atoms with E-state index in [1.54, 1.807) is 6.21 Å². The van der Waals surface area contributed by atoms with Gasteiger partial charge in [0, 0.05) is 0 Å². The SMILES string of the molecule is Cc1ccc(COc2cccc(C=NN3C(=O)[C@@H]4[C@H](C3=O)[C@H]3C=C[C@H]4C3)c2)cc1. The molecular formula is C24H22N2O3. The van der Waals surface area contributed by atoms with Crippen LogP contribution in [0.3, 0.4) is 0 Å². The van der Waals surface area contributed by atoms with Crippen LogP contribution in [0.5, 0.6) is 5.75 Å². The number of hydrogen-bond donors (Lipinski definition) is 0. The molecule has 0 spiro atoms. The Bertz CT molecular complexity index is 995. The Balaban J connectivity index is 1.27. The van der Waals surface area contributed by atoms with Gasteiger partial charge in [-0.25, -0.2) is 0 Å². The Hall–Kier alpha value is -3.21. The predicted molar refractivity (Wildman–Crippen MR) is 109 cm³/mol. The molecule has 29 heavy (non-hydrogen) atoms. The molecule has 3 aliphatic rings. The van der Waals surface area contributed by atoms with E-state index in [-0.39, 0.29) is 35.5 Å². The van der Waals surface area contributed by atoms with Crippen LogP contribution in [0.4, 0.5) is 0 Å². The normalized spacial score (nSPS) is 27.3. The molecule has 2 amide bonds. The van der Waals surface area contributed by atoms with Crippen LogP contribution in [-0.2, 0) is 16.2 Å². The standard InChI is InChI=1S/C24H22N2O3/c1-15-5-7-16(8-6-15)14-29-20-4-2-3-17(11-20)13-25-26-23(27)21-18-9-10-19(12-18)22(21)24(26)28/h2-11,13,18-19,21-22H,12,14H2,1H3/t18-,19-,21-,22+/m0/s1. The number of carbonyl (C=O) groups is 2. The Morgan fingerprint density at radius 2 is 1.72 bits per heavy atom. The summed E-state index contributed by atoms with van der Waals surface area (Å²) in [5, 5.41) is 5.30. The van der Waals surface area contributed by atoms with Crippen molar-refractivity contribution >= 4 is 18.0 Å². The van der Waals surface area contributed by atoms with Gasteiger partial charge in [-0.15, -0.1) is 0 Å². The number of fused-ring (bicyclic) bond motifs is 5. The monoisotopic (exact) mass is 386 g/mol. The number of nitrogens with zero attached hydrogens (tertiary/aromatic N) is 2. The minimum Gasteiger partial charge on any atom is -0.489 e. The first-order chi connectivity index (χ1) is 14.1. The molecule has 2 aliphatic carbocycles. The summed E-state index contributed by atoms with van der Waals surface area (Å²) in [5.41, 5.74) is 3.09. The van der Waals surface area contributed by atoms with Crippen LogP contribution in [0.1, 0.15) is 23.1 Å². The first-order valence-electron chi connectivity index (χ1n) is 9.99. The lowest BCUT2D eigenvalue weighted by molar-refractivity contribution is -0.140. The molecule has 146 valence electrons. The third-order valence-corrected chi connectivity index (χ3v) is 6.15. The maximum atomic E-state index is 12.7. The van der Waals surface area contributed by atoms with Crippen LogP contribution in [0.25, 0.3) is 0 Å². The molecule has 0 N–H and O–H groups in total. The number of imide groups is 1. The van der Waals surface area contributed by atoms with Gasteiger partial charge in [0.15, 0.2) is 0 Å². The summed E-state index contributed by atoms with van der Waals surface area (Å²) in [5.74, 6) is 0.324. The maximum Gasteiger partial charge on any atom is 0.254 e. The van der Waals surface area contributed by atoms with Crippen LogP contribution in [-0.4, -0.2) is 23.0 Å². The van der Waals surface area contributed by atoms with Crippen molar-refractivity contribution in [3.8, 4) is 5.75 Å². The Labute approximate surface area is 169 Å². The van der Waals surface area contributed by atoms with E-state index in [9.17, 15) is 9.59 Å². The van der Waals surface area contributed by atoms with Crippen molar-refractivity contribution in [2.45, 2.75) is 20.0 Å². The van der Waals surface area contributed by atoms with Crippen molar-refractivity contribution in [3.05, 3.63) is 77.4 Å². The molecule has 0 aromatic heterocycles. The van der Waals surface area contributed by atoms with E-state index in [1.807, 2.05) is 36.4 Å². The van der Waals surface area contributed by atoms with Gasteiger partial charge < -0.3 is 4.74 Å². The highest BCUT2D eigenvalue weighted by molar-refractivity contribution is 6.06. The highest BCUT2D eigenvalue weighted by Crippen LogP contribution is 2.52. The fourth-order valence-corrected chi connectivity index (χ4v) is 4.66. The van der Waals surface area contributed by atoms with Gasteiger partial charge in [-0.1, -0.05) is 54.1 Å². The molecule has 2 aromatic carbocycles. The zero-order chi connectivity index (χ0) is 20.0. The second kappa shape index (κ2) is 6.99. The van der Waals surface area contributed by atoms with Crippen LogP contribution >= 0.6 is 0 Å². The summed E-state index contributed by atoms with van der Waals surface area (Å²) in [4.78, 5) is 25.4. The number of carbonyl (C=O) groups excluding carboxylic acids is 2. The average Bonchev–Trinajstić information content (AvgIpc) is 3.41. The van der Waals surface area contributed by atoms with Gasteiger partial charge in [0.1, 0.15) is 12.4 Å². The molecule has 0 radical (unpaired) electrons. The van der Waals surface area contributed by atoms with Crippen molar-refractivity contribution < 1.29 is 14.3 Å². The number of hydrazone groups is 1.